The molecule has 0 saturated carbocycles. The van der Waals surface area contributed by atoms with Crippen LogP contribution in [0.15, 0.2) is 24.3 Å². The maximum Gasteiger partial charge on any atom is 0.337 e. The van der Waals surface area contributed by atoms with E-state index in [9.17, 15) is 14.4 Å². The maximum absolute atomic E-state index is 13.1. The van der Waals surface area contributed by atoms with Crippen molar-refractivity contribution in [2.24, 2.45) is 5.92 Å². The predicted octanol–water partition coefficient (Wildman–Crippen LogP) is 3.58. The number of hydrogen-bond donors (Lipinski definition) is 0. The van der Waals surface area contributed by atoms with Gasteiger partial charge in [-0.15, -0.1) is 0 Å². The smallest absolute Gasteiger partial charge is 0.337 e. The highest BCUT2D eigenvalue weighted by Crippen LogP contribution is 2.25. The number of carbonyl (C=O) groups excluding carboxylic acids is 3. The van der Waals surface area contributed by atoms with Crippen molar-refractivity contribution in [3.05, 3.63) is 52.3 Å². The van der Waals surface area contributed by atoms with Gasteiger partial charge in [0.05, 0.1) is 31.9 Å². The Bertz CT molecular complexity index is 965. The number of aromatic nitrogens is 1. The first kappa shape index (κ1) is 22.7. The van der Waals surface area contributed by atoms with Gasteiger partial charge >= 0.3 is 11.9 Å². The first-order valence-electron chi connectivity index (χ1n) is 10.5. The van der Waals surface area contributed by atoms with Crippen molar-refractivity contribution in [1.82, 2.24) is 9.47 Å². The first-order chi connectivity index (χ1) is 14.7. The van der Waals surface area contributed by atoms with Crippen molar-refractivity contribution in [2.45, 2.75) is 33.6 Å². The topological polar surface area (TPSA) is 77.8 Å². The Labute approximate surface area is 182 Å². The van der Waals surface area contributed by atoms with Gasteiger partial charge in [-0.05, 0) is 70.0 Å². The lowest BCUT2D eigenvalue weighted by Crippen LogP contribution is -2.36. The van der Waals surface area contributed by atoms with Gasteiger partial charge in [0.25, 0.3) is 0 Å². The molecule has 0 radical (unpaired) electrons. The zero-order valence-corrected chi connectivity index (χ0v) is 18.9. The van der Waals surface area contributed by atoms with Gasteiger partial charge in [0.1, 0.15) is 0 Å². The molecule has 0 amide bonds. The molecule has 31 heavy (non-hydrogen) atoms. The summed E-state index contributed by atoms with van der Waals surface area (Å²) < 4.78 is 11.5. The van der Waals surface area contributed by atoms with E-state index in [0.29, 0.717) is 23.7 Å². The average molecular weight is 427 g/mol. The van der Waals surface area contributed by atoms with E-state index in [1.54, 1.807) is 12.1 Å². The van der Waals surface area contributed by atoms with Crippen LogP contribution in [-0.4, -0.2) is 61.0 Å². The summed E-state index contributed by atoms with van der Waals surface area (Å²) in [5.41, 5.74) is 3.34. The lowest BCUT2D eigenvalue weighted by Gasteiger charge is -2.29. The van der Waals surface area contributed by atoms with Crippen LogP contribution in [0.5, 0.6) is 0 Å². The molecule has 1 aliphatic heterocycles. The number of Topliss-reactive ketones (excluding diaryl/α,β-unsaturated/α-hetero) is 1. The lowest BCUT2D eigenvalue weighted by molar-refractivity contribution is 0.0598. The van der Waals surface area contributed by atoms with E-state index in [1.807, 2.05) is 24.5 Å². The number of esters is 2. The highest BCUT2D eigenvalue weighted by atomic mass is 16.5. The van der Waals surface area contributed by atoms with Crippen LogP contribution in [0.4, 0.5) is 0 Å². The quantitative estimate of drug-likeness (QED) is 0.519. The van der Waals surface area contributed by atoms with Gasteiger partial charge in [-0.1, -0.05) is 6.92 Å². The molecule has 1 saturated heterocycles. The fourth-order valence-corrected chi connectivity index (χ4v) is 4.16. The molecule has 0 aliphatic carbocycles. The third-order valence-electron chi connectivity index (χ3n) is 5.99. The minimum absolute atomic E-state index is 0.0752. The molecule has 3 rings (SSSR count). The standard InChI is InChI=1S/C24H30N2O5/c1-15-6-8-25(9-7-15)14-22(27)21-10-16(2)26(17(21)3)20-12-18(23(28)30-4)11-19(13-20)24(29)31-5/h10-13,15H,6-9,14H2,1-5H3. The van der Waals surface area contributed by atoms with Crippen LogP contribution in [0.25, 0.3) is 5.69 Å². The van der Waals surface area contributed by atoms with Gasteiger partial charge < -0.3 is 14.0 Å². The van der Waals surface area contributed by atoms with Crippen LogP contribution < -0.4 is 0 Å². The normalized spacial score (nSPS) is 15.0. The number of carbonyl (C=O) groups is 3. The maximum atomic E-state index is 13.1. The Hall–Kier alpha value is -2.93. The SMILES string of the molecule is COC(=O)c1cc(C(=O)OC)cc(-n2c(C)cc(C(=O)CN3CCC(C)CC3)c2C)c1. The monoisotopic (exact) mass is 426 g/mol. The molecule has 0 unspecified atom stereocenters. The van der Waals surface area contributed by atoms with Gasteiger partial charge in [-0.3, -0.25) is 9.69 Å². The second kappa shape index (κ2) is 9.47. The molecule has 2 aromatic rings. The number of hydrogen-bond acceptors (Lipinski definition) is 6. The minimum atomic E-state index is -0.551. The molecule has 2 heterocycles. The van der Waals surface area contributed by atoms with Crippen LogP contribution in [0.1, 0.15) is 62.2 Å². The molecule has 1 aliphatic rings. The van der Waals surface area contributed by atoms with Crippen molar-refractivity contribution in [3.8, 4) is 5.69 Å². The van der Waals surface area contributed by atoms with Crippen LogP contribution in [0, 0.1) is 19.8 Å². The second-order valence-electron chi connectivity index (χ2n) is 8.25. The Morgan fingerprint density at radius 3 is 2.00 bits per heavy atom. The van der Waals surface area contributed by atoms with E-state index in [-0.39, 0.29) is 16.9 Å². The Kier molecular flexibility index (Phi) is 6.95. The number of benzene rings is 1. The molecular formula is C24H30N2O5. The van der Waals surface area contributed by atoms with Crippen molar-refractivity contribution in [1.29, 1.82) is 0 Å². The summed E-state index contributed by atoms with van der Waals surface area (Å²) in [6, 6.07) is 6.61. The molecule has 166 valence electrons. The van der Waals surface area contributed by atoms with E-state index >= 15 is 0 Å². The van der Waals surface area contributed by atoms with Crippen LogP contribution in [-0.2, 0) is 9.47 Å². The molecule has 0 spiro atoms. The largest absolute Gasteiger partial charge is 0.465 e. The second-order valence-corrected chi connectivity index (χ2v) is 8.25. The Morgan fingerprint density at radius 1 is 0.935 bits per heavy atom. The van der Waals surface area contributed by atoms with Crippen LogP contribution >= 0.6 is 0 Å². The zero-order valence-electron chi connectivity index (χ0n) is 18.9. The summed E-state index contributed by atoms with van der Waals surface area (Å²) >= 11 is 0. The molecule has 7 nitrogen and oxygen atoms in total. The average Bonchev–Trinajstić information content (AvgIpc) is 3.07. The molecule has 1 aromatic heterocycles. The molecule has 1 fully saturated rings. The van der Waals surface area contributed by atoms with E-state index in [4.69, 9.17) is 9.47 Å². The van der Waals surface area contributed by atoms with Crippen LogP contribution in [0.3, 0.4) is 0 Å². The molecule has 0 atom stereocenters. The molecule has 1 aromatic carbocycles. The summed E-state index contributed by atoms with van der Waals surface area (Å²) in [6.07, 6.45) is 2.23. The van der Waals surface area contributed by atoms with Crippen molar-refractivity contribution >= 4 is 17.7 Å². The number of rotatable bonds is 6. The van der Waals surface area contributed by atoms with Gasteiger partial charge in [-0.25, -0.2) is 9.59 Å². The number of ketones is 1. The van der Waals surface area contributed by atoms with Crippen molar-refractivity contribution in [3.63, 3.8) is 0 Å². The number of piperidine rings is 1. The zero-order chi connectivity index (χ0) is 22.7. The van der Waals surface area contributed by atoms with E-state index in [0.717, 1.165) is 37.3 Å². The summed E-state index contributed by atoms with van der Waals surface area (Å²) in [4.78, 5) is 39.6. The van der Waals surface area contributed by atoms with E-state index in [2.05, 4.69) is 11.8 Å². The predicted molar refractivity (Wildman–Crippen MR) is 117 cm³/mol. The third-order valence-corrected chi connectivity index (χ3v) is 5.99. The molecule has 0 N–H and O–H groups in total. The fraction of sp³-hybridized carbons (Fsp3) is 0.458. The molecule has 0 bridgehead atoms. The van der Waals surface area contributed by atoms with E-state index in [1.165, 1.54) is 20.3 Å². The van der Waals surface area contributed by atoms with Gasteiger partial charge in [0, 0.05) is 22.6 Å². The Balaban J connectivity index is 1.96. The molecular weight excluding hydrogens is 396 g/mol. The van der Waals surface area contributed by atoms with Crippen LogP contribution in [0.2, 0.25) is 0 Å². The van der Waals surface area contributed by atoms with Crippen molar-refractivity contribution in [2.75, 3.05) is 33.9 Å². The number of likely N-dealkylation sites (tertiary alicyclic amines) is 1. The van der Waals surface area contributed by atoms with Gasteiger partial charge in [0.15, 0.2) is 5.78 Å². The molecule has 7 heteroatoms. The fourth-order valence-electron chi connectivity index (χ4n) is 4.16. The number of methoxy groups -OCH3 is 2. The summed E-state index contributed by atoms with van der Waals surface area (Å²) in [5, 5.41) is 0. The summed E-state index contributed by atoms with van der Waals surface area (Å²) in [5.74, 6) is -0.316. The lowest BCUT2D eigenvalue weighted by atomic mass is 9.99. The Morgan fingerprint density at radius 2 is 1.48 bits per heavy atom. The van der Waals surface area contributed by atoms with Gasteiger partial charge in [0.2, 0.25) is 0 Å². The highest BCUT2D eigenvalue weighted by molar-refractivity contribution is 5.99. The highest BCUT2D eigenvalue weighted by Gasteiger charge is 2.23. The number of aryl methyl sites for hydroxylation is 1. The third kappa shape index (κ3) is 4.88. The summed E-state index contributed by atoms with van der Waals surface area (Å²) in [7, 11) is 2.58. The van der Waals surface area contributed by atoms with Crippen molar-refractivity contribution < 1.29 is 23.9 Å². The first-order valence-corrected chi connectivity index (χ1v) is 10.5. The van der Waals surface area contributed by atoms with Gasteiger partial charge in [-0.2, -0.15) is 0 Å². The number of nitrogens with zero attached hydrogens (tertiary/aromatic N) is 2. The van der Waals surface area contributed by atoms with E-state index < -0.39 is 11.9 Å². The minimum Gasteiger partial charge on any atom is -0.465 e. The number of ether oxygens (including phenoxy) is 2. The summed E-state index contributed by atoms with van der Waals surface area (Å²) in [6.45, 7) is 8.30.